The maximum absolute atomic E-state index is 10.8. The second-order valence-electron chi connectivity index (χ2n) is 3.41. The number of carboxylic acids is 1. The maximum atomic E-state index is 10.8. The minimum Gasteiger partial charge on any atom is -0.481 e. The number of rotatable bonds is 1. The third-order valence-corrected chi connectivity index (χ3v) is 2.87. The maximum Gasteiger partial charge on any atom is 0.310 e. The third-order valence-electron chi connectivity index (χ3n) is 2.87. The quantitative estimate of drug-likeness (QED) is 0.614. The van der Waals surface area contributed by atoms with E-state index in [1.165, 1.54) is 0 Å². The summed E-state index contributed by atoms with van der Waals surface area (Å²) in [6.07, 6.45) is 7.82. The van der Waals surface area contributed by atoms with Crippen molar-refractivity contribution in [2.45, 2.75) is 6.92 Å². The molecule has 1 fully saturated rings. The average molecular weight is 150 g/mol. The summed E-state index contributed by atoms with van der Waals surface area (Å²) >= 11 is 0. The summed E-state index contributed by atoms with van der Waals surface area (Å²) in [5.74, 6) is -0.196. The van der Waals surface area contributed by atoms with Gasteiger partial charge >= 0.3 is 5.97 Å². The summed E-state index contributed by atoms with van der Waals surface area (Å²) < 4.78 is 0. The Hall–Kier alpha value is -1.05. The predicted octanol–water partition coefficient (Wildman–Crippen LogP) is 1.45. The molecule has 0 spiro atoms. The fourth-order valence-corrected chi connectivity index (χ4v) is 1.87. The van der Waals surface area contributed by atoms with Crippen molar-refractivity contribution in [1.29, 1.82) is 0 Å². The van der Waals surface area contributed by atoms with Crippen LogP contribution in [0.1, 0.15) is 6.92 Å². The van der Waals surface area contributed by atoms with Gasteiger partial charge in [0.05, 0.1) is 5.41 Å². The summed E-state index contributed by atoms with van der Waals surface area (Å²) in [7, 11) is 0. The van der Waals surface area contributed by atoms with Crippen LogP contribution >= 0.6 is 0 Å². The topological polar surface area (TPSA) is 37.3 Å². The molecule has 2 rings (SSSR count). The van der Waals surface area contributed by atoms with Gasteiger partial charge in [0.1, 0.15) is 0 Å². The molecule has 1 unspecified atom stereocenters. The van der Waals surface area contributed by atoms with Crippen LogP contribution in [0.25, 0.3) is 0 Å². The van der Waals surface area contributed by atoms with Crippen LogP contribution in [-0.4, -0.2) is 11.1 Å². The Kier molecular flexibility index (Phi) is 1.06. The third kappa shape index (κ3) is 0.642. The van der Waals surface area contributed by atoms with Crippen LogP contribution in [-0.2, 0) is 4.79 Å². The molecular weight excluding hydrogens is 140 g/mol. The number of hydrogen-bond acceptors (Lipinski definition) is 1. The Bertz CT molecular complexity index is 245. The number of allylic oxidation sites excluding steroid dienone is 4. The van der Waals surface area contributed by atoms with Crippen LogP contribution in [0.15, 0.2) is 24.3 Å². The normalized spacial score (nSPS) is 45.2. The number of carboxylic acid groups (broad SMARTS) is 1. The smallest absolute Gasteiger partial charge is 0.310 e. The van der Waals surface area contributed by atoms with Crippen molar-refractivity contribution in [3.05, 3.63) is 24.3 Å². The van der Waals surface area contributed by atoms with E-state index >= 15 is 0 Å². The Balaban J connectivity index is 2.30. The number of aliphatic carboxylic acids is 1. The van der Waals surface area contributed by atoms with Crippen molar-refractivity contribution in [2.24, 2.45) is 17.3 Å². The first-order valence-corrected chi connectivity index (χ1v) is 3.76. The highest BCUT2D eigenvalue weighted by Gasteiger charge is 2.64. The minimum atomic E-state index is -0.677. The van der Waals surface area contributed by atoms with Crippen LogP contribution in [0, 0.1) is 17.3 Å². The highest BCUT2D eigenvalue weighted by Crippen LogP contribution is 2.61. The second-order valence-corrected chi connectivity index (χ2v) is 3.41. The molecule has 2 heteroatoms. The Morgan fingerprint density at radius 3 is 2.18 bits per heavy atom. The molecule has 0 aliphatic heterocycles. The summed E-state index contributed by atoms with van der Waals surface area (Å²) in [5, 5.41) is 8.88. The van der Waals surface area contributed by atoms with Crippen molar-refractivity contribution in [1.82, 2.24) is 0 Å². The summed E-state index contributed by atoms with van der Waals surface area (Å²) in [6.45, 7) is 1.81. The molecule has 2 aliphatic carbocycles. The molecule has 0 radical (unpaired) electrons. The highest BCUT2D eigenvalue weighted by molar-refractivity contribution is 5.80. The van der Waals surface area contributed by atoms with Gasteiger partial charge in [0.2, 0.25) is 0 Å². The molecule has 58 valence electrons. The Labute approximate surface area is 65.2 Å². The lowest BCUT2D eigenvalue weighted by Gasteiger charge is -1.99. The molecule has 2 nitrogen and oxygen atoms in total. The van der Waals surface area contributed by atoms with E-state index in [4.69, 9.17) is 5.11 Å². The average Bonchev–Trinajstić information content (AvgIpc) is 2.61. The van der Waals surface area contributed by atoms with E-state index in [2.05, 4.69) is 0 Å². The first-order chi connectivity index (χ1) is 5.17. The summed E-state index contributed by atoms with van der Waals surface area (Å²) in [6, 6.07) is 0. The molecule has 11 heavy (non-hydrogen) atoms. The van der Waals surface area contributed by atoms with E-state index in [0.29, 0.717) is 0 Å². The van der Waals surface area contributed by atoms with Gasteiger partial charge in [0.15, 0.2) is 0 Å². The molecule has 2 aliphatic rings. The van der Waals surface area contributed by atoms with Crippen LogP contribution in [0.4, 0.5) is 0 Å². The zero-order valence-electron chi connectivity index (χ0n) is 6.32. The van der Waals surface area contributed by atoms with Crippen LogP contribution < -0.4 is 0 Å². The lowest BCUT2D eigenvalue weighted by Crippen LogP contribution is -2.13. The minimum absolute atomic E-state index is 0.241. The number of carbonyl (C=O) groups is 1. The molecule has 0 amide bonds. The van der Waals surface area contributed by atoms with Crippen molar-refractivity contribution >= 4 is 5.97 Å². The Morgan fingerprint density at radius 2 is 1.82 bits per heavy atom. The van der Waals surface area contributed by atoms with Crippen LogP contribution in [0.3, 0.4) is 0 Å². The predicted molar refractivity (Wildman–Crippen MR) is 41.0 cm³/mol. The van der Waals surface area contributed by atoms with Gasteiger partial charge in [-0.25, -0.2) is 0 Å². The van der Waals surface area contributed by atoms with Crippen molar-refractivity contribution < 1.29 is 9.90 Å². The highest BCUT2D eigenvalue weighted by atomic mass is 16.4. The molecular formula is C9H10O2. The molecule has 0 aromatic carbocycles. The van der Waals surface area contributed by atoms with E-state index in [1.54, 1.807) is 0 Å². The van der Waals surface area contributed by atoms with Crippen molar-refractivity contribution in [2.75, 3.05) is 0 Å². The lowest BCUT2D eigenvalue weighted by molar-refractivity contribution is -0.143. The van der Waals surface area contributed by atoms with Crippen molar-refractivity contribution in [3.63, 3.8) is 0 Å². The molecule has 0 aromatic heterocycles. The summed E-state index contributed by atoms with van der Waals surface area (Å²) in [5.41, 5.74) is -0.510. The summed E-state index contributed by atoms with van der Waals surface area (Å²) in [4.78, 5) is 10.8. The molecule has 0 saturated heterocycles. The van der Waals surface area contributed by atoms with Gasteiger partial charge in [-0.3, -0.25) is 4.79 Å². The second kappa shape index (κ2) is 1.76. The van der Waals surface area contributed by atoms with Crippen molar-refractivity contribution in [3.8, 4) is 0 Å². The number of hydrogen-bond donors (Lipinski definition) is 1. The largest absolute Gasteiger partial charge is 0.481 e. The zero-order chi connectivity index (χ0) is 8.06. The van der Waals surface area contributed by atoms with Gasteiger partial charge in [-0.05, 0) is 6.92 Å². The monoisotopic (exact) mass is 150 g/mol. The first kappa shape index (κ1) is 6.65. The standard InChI is InChI=1S/C9H10O2/c1-9(8(10)11)6-4-2-3-5-7(6)9/h2-7H,1H3,(H,10,11)/t6-,7+,9?. The van der Waals surface area contributed by atoms with Crippen LogP contribution in [0.2, 0.25) is 0 Å². The van der Waals surface area contributed by atoms with Gasteiger partial charge < -0.3 is 5.11 Å². The first-order valence-electron chi connectivity index (χ1n) is 3.76. The SMILES string of the molecule is CC1(C(=O)O)[C@@H]2C=CC=C[C@@H]21. The molecule has 0 heterocycles. The van der Waals surface area contributed by atoms with E-state index in [1.807, 2.05) is 31.2 Å². The van der Waals surface area contributed by atoms with E-state index in [9.17, 15) is 4.79 Å². The zero-order valence-corrected chi connectivity index (χ0v) is 6.32. The van der Waals surface area contributed by atoms with E-state index in [-0.39, 0.29) is 11.8 Å². The lowest BCUT2D eigenvalue weighted by atomic mass is 10.1. The van der Waals surface area contributed by atoms with Gasteiger partial charge in [-0.1, -0.05) is 24.3 Å². The molecule has 1 saturated carbocycles. The van der Waals surface area contributed by atoms with Gasteiger partial charge in [-0.15, -0.1) is 0 Å². The fraction of sp³-hybridized carbons (Fsp3) is 0.444. The molecule has 3 atom stereocenters. The van der Waals surface area contributed by atoms with E-state index < -0.39 is 11.4 Å². The number of fused-ring (bicyclic) bond motifs is 1. The van der Waals surface area contributed by atoms with Gasteiger partial charge in [-0.2, -0.15) is 0 Å². The van der Waals surface area contributed by atoms with Gasteiger partial charge in [0.25, 0.3) is 0 Å². The fourth-order valence-electron chi connectivity index (χ4n) is 1.87. The molecule has 0 bridgehead atoms. The Morgan fingerprint density at radius 1 is 1.36 bits per heavy atom. The van der Waals surface area contributed by atoms with Crippen LogP contribution in [0.5, 0.6) is 0 Å². The molecule has 1 N–H and O–H groups in total. The van der Waals surface area contributed by atoms with E-state index in [0.717, 1.165) is 0 Å². The molecule has 0 aromatic rings. The van der Waals surface area contributed by atoms with Gasteiger partial charge in [0, 0.05) is 11.8 Å².